The first-order chi connectivity index (χ1) is 20.6. The highest BCUT2D eigenvalue weighted by molar-refractivity contribution is 6.02. The van der Waals surface area contributed by atoms with Crippen LogP contribution in [0, 0.1) is 23.2 Å². The van der Waals surface area contributed by atoms with Gasteiger partial charge in [-0.3, -0.25) is 24.0 Å². The van der Waals surface area contributed by atoms with E-state index in [0.717, 1.165) is 0 Å². The van der Waals surface area contributed by atoms with E-state index in [0.29, 0.717) is 36.9 Å². The molecule has 7 atom stereocenters. The van der Waals surface area contributed by atoms with E-state index in [4.69, 9.17) is 4.42 Å². The number of carbonyl (C=O) groups is 5. The van der Waals surface area contributed by atoms with Gasteiger partial charge in [0.15, 0.2) is 5.58 Å². The second-order valence-electron chi connectivity index (χ2n) is 13.2. The molecule has 11 nitrogen and oxygen atoms in total. The molecule has 3 N–H and O–H groups in total. The molecule has 3 heterocycles. The second kappa shape index (κ2) is 11.5. The number of benzene rings is 1. The molecule has 4 amide bonds. The molecule has 0 spiro atoms. The molecule has 5 rings (SSSR count). The zero-order chi connectivity index (χ0) is 32.1. The number of piperidine rings is 1. The molecular formula is C30H36F3N5O6. The smallest absolute Gasteiger partial charge is 0.434 e. The van der Waals surface area contributed by atoms with Crippen molar-refractivity contribution >= 4 is 40.5 Å². The van der Waals surface area contributed by atoms with Gasteiger partial charge in [0.1, 0.15) is 17.6 Å². The minimum absolute atomic E-state index is 0.0180. The molecule has 2 bridgehead atoms. The van der Waals surface area contributed by atoms with Gasteiger partial charge in [0, 0.05) is 18.5 Å². The number of nitrogens with zero attached hydrogens (tertiary/aromatic N) is 2. The summed E-state index contributed by atoms with van der Waals surface area (Å²) in [7, 11) is 0. The van der Waals surface area contributed by atoms with E-state index in [2.05, 4.69) is 15.6 Å². The molecule has 1 aromatic heterocycles. The molecule has 1 aromatic carbocycles. The van der Waals surface area contributed by atoms with Crippen LogP contribution in [0.25, 0.3) is 11.1 Å². The largest absolute Gasteiger partial charge is 0.471 e. The van der Waals surface area contributed by atoms with Crippen LogP contribution in [0.4, 0.5) is 13.2 Å². The Morgan fingerprint density at radius 3 is 2.43 bits per heavy atom. The monoisotopic (exact) mass is 619 g/mol. The van der Waals surface area contributed by atoms with Crippen molar-refractivity contribution in [2.45, 2.75) is 83.7 Å². The van der Waals surface area contributed by atoms with E-state index >= 15 is 0 Å². The Balaban J connectivity index is 1.44. The Bertz CT molecular complexity index is 1450. The van der Waals surface area contributed by atoms with Gasteiger partial charge in [-0.25, -0.2) is 4.98 Å². The Labute approximate surface area is 251 Å². The molecule has 238 valence electrons. The van der Waals surface area contributed by atoms with Gasteiger partial charge < -0.3 is 25.3 Å². The third kappa shape index (κ3) is 6.03. The Morgan fingerprint density at radius 2 is 1.82 bits per heavy atom. The summed E-state index contributed by atoms with van der Waals surface area (Å²) in [6, 6.07) is 2.43. The van der Waals surface area contributed by atoms with Crippen molar-refractivity contribution in [3.05, 3.63) is 30.2 Å². The minimum atomic E-state index is -5.20. The number of alkyl halides is 3. The van der Waals surface area contributed by atoms with Crippen LogP contribution in [-0.4, -0.2) is 76.2 Å². The van der Waals surface area contributed by atoms with E-state index in [1.54, 1.807) is 24.3 Å². The van der Waals surface area contributed by atoms with E-state index in [1.165, 1.54) is 25.7 Å². The molecule has 2 saturated heterocycles. The Kier molecular flexibility index (Phi) is 8.23. The number of rotatable bonds is 8. The number of halogens is 3. The number of amides is 4. The van der Waals surface area contributed by atoms with Gasteiger partial charge in [-0.1, -0.05) is 39.8 Å². The third-order valence-corrected chi connectivity index (χ3v) is 9.01. The first kappa shape index (κ1) is 31.5. The molecule has 1 aliphatic carbocycles. The van der Waals surface area contributed by atoms with Crippen molar-refractivity contribution < 1.29 is 41.6 Å². The number of likely N-dealkylation sites (tertiary alicyclic amines) is 1. The Hall–Kier alpha value is -3.97. The lowest BCUT2D eigenvalue weighted by Gasteiger charge is -2.42. The highest BCUT2D eigenvalue weighted by Crippen LogP contribution is 2.47. The van der Waals surface area contributed by atoms with Crippen molar-refractivity contribution in [2.24, 2.45) is 23.2 Å². The van der Waals surface area contributed by atoms with Crippen molar-refractivity contribution in [3.63, 3.8) is 0 Å². The predicted molar refractivity (Wildman–Crippen MR) is 150 cm³/mol. The third-order valence-electron chi connectivity index (χ3n) is 9.01. The van der Waals surface area contributed by atoms with Crippen molar-refractivity contribution in [2.75, 3.05) is 6.54 Å². The van der Waals surface area contributed by atoms with Crippen LogP contribution in [0.5, 0.6) is 0 Å². The van der Waals surface area contributed by atoms with Gasteiger partial charge >= 0.3 is 12.1 Å². The highest BCUT2D eigenvalue weighted by Gasteiger charge is 2.57. The number of oxazole rings is 1. The van der Waals surface area contributed by atoms with Gasteiger partial charge in [0.25, 0.3) is 5.89 Å². The summed E-state index contributed by atoms with van der Waals surface area (Å²) in [6.07, 6.45) is -3.80. The summed E-state index contributed by atoms with van der Waals surface area (Å²) in [5, 5.41) is 7.31. The fraction of sp³-hybridized carbons (Fsp3) is 0.600. The topological polar surface area (TPSA) is 151 Å². The van der Waals surface area contributed by atoms with Crippen LogP contribution >= 0.6 is 0 Å². The fourth-order valence-corrected chi connectivity index (χ4v) is 6.77. The lowest BCUT2D eigenvalue weighted by atomic mass is 9.83. The summed E-state index contributed by atoms with van der Waals surface area (Å²) < 4.78 is 45.2. The van der Waals surface area contributed by atoms with Gasteiger partial charge in [-0.2, -0.15) is 13.2 Å². The molecular weight excluding hydrogens is 583 g/mol. The molecule has 14 heteroatoms. The van der Waals surface area contributed by atoms with Crippen LogP contribution < -0.4 is 16.0 Å². The molecule has 1 saturated carbocycles. The Morgan fingerprint density at radius 1 is 1.11 bits per heavy atom. The number of aromatic nitrogens is 1. The van der Waals surface area contributed by atoms with Crippen molar-refractivity contribution in [1.82, 2.24) is 25.8 Å². The number of nitrogens with one attached hydrogen (secondary N) is 3. The standard InChI is InChI=1S/C30H36F3N5O6/c1-14-11-16-13-17(14)21(38(16)27(42)23(29(2,3)4)37-28(43)30(31,32)33)25(41)35-19(12-15-9-10-34-24(15)40)22(39)26-36-18-7-5-6-8-20(18)44-26/h5-8,14-17,19,21,23H,9-13H2,1-4H3,(H,34,40)(H,35,41)(H,37,43)/t14-,15-,16+,17+,19-,21-,23+/m0/s1. The zero-order valence-corrected chi connectivity index (χ0v) is 24.9. The van der Waals surface area contributed by atoms with Gasteiger partial charge in [0.05, 0.1) is 6.04 Å². The molecule has 3 fully saturated rings. The summed E-state index contributed by atoms with van der Waals surface area (Å²) in [5.41, 5.74) is -0.312. The first-order valence-electron chi connectivity index (χ1n) is 14.7. The lowest BCUT2D eigenvalue weighted by Crippen LogP contribution is -2.63. The number of carbonyl (C=O) groups excluding carboxylic acids is 5. The number of hydrogen-bond donors (Lipinski definition) is 3. The normalized spacial score (nSPS) is 26.4. The summed E-state index contributed by atoms with van der Waals surface area (Å²) >= 11 is 0. The number of hydrogen-bond acceptors (Lipinski definition) is 7. The minimum Gasteiger partial charge on any atom is -0.434 e. The number of Topliss-reactive ketones (excluding diaryl/α,β-unsaturated/α-hetero) is 1. The highest BCUT2D eigenvalue weighted by atomic mass is 19.4. The van der Waals surface area contributed by atoms with E-state index in [1.807, 2.05) is 12.2 Å². The molecule has 2 aromatic rings. The molecule has 2 aliphatic heterocycles. The predicted octanol–water partition coefficient (Wildman–Crippen LogP) is 2.74. The van der Waals surface area contributed by atoms with Crippen LogP contribution in [-0.2, 0) is 19.2 Å². The quantitative estimate of drug-likeness (QED) is 0.385. The number of ketones is 1. The van der Waals surface area contributed by atoms with E-state index in [9.17, 15) is 37.1 Å². The average Bonchev–Trinajstić information content (AvgIpc) is 3.72. The maximum Gasteiger partial charge on any atom is 0.471 e. The first-order valence-corrected chi connectivity index (χ1v) is 14.7. The fourth-order valence-electron chi connectivity index (χ4n) is 6.77. The van der Waals surface area contributed by atoms with Gasteiger partial charge in [-0.05, 0) is 55.1 Å². The van der Waals surface area contributed by atoms with Crippen molar-refractivity contribution in [1.29, 1.82) is 0 Å². The van der Waals surface area contributed by atoms with Crippen LogP contribution in [0.2, 0.25) is 0 Å². The molecule has 44 heavy (non-hydrogen) atoms. The SMILES string of the molecule is C[C@H]1C[C@@H]2C[C@H]1[C@@H](C(=O)N[C@@H](C[C@@H]1CCNC1=O)C(=O)c1nc3ccccc3o1)N2C(=O)[C@@H](NC(=O)C(F)(F)F)C(C)(C)C. The van der Waals surface area contributed by atoms with Gasteiger partial charge in [0.2, 0.25) is 23.5 Å². The van der Waals surface area contributed by atoms with E-state index < -0.39 is 65.2 Å². The molecule has 3 aliphatic rings. The number of fused-ring (bicyclic) bond motifs is 3. The number of para-hydroxylation sites is 2. The second-order valence-corrected chi connectivity index (χ2v) is 13.2. The van der Waals surface area contributed by atoms with Crippen LogP contribution in [0.3, 0.4) is 0 Å². The summed E-state index contributed by atoms with van der Waals surface area (Å²) in [5.74, 6) is -5.72. The van der Waals surface area contributed by atoms with Crippen LogP contribution in [0.15, 0.2) is 28.7 Å². The van der Waals surface area contributed by atoms with Crippen LogP contribution in [0.1, 0.15) is 64.1 Å². The lowest BCUT2D eigenvalue weighted by molar-refractivity contribution is -0.176. The van der Waals surface area contributed by atoms with Crippen molar-refractivity contribution in [3.8, 4) is 0 Å². The zero-order valence-electron chi connectivity index (χ0n) is 24.9. The summed E-state index contributed by atoms with van der Waals surface area (Å²) in [6.45, 7) is 6.94. The molecule has 0 radical (unpaired) electrons. The summed E-state index contributed by atoms with van der Waals surface area (Å²) in [4.78, 5) is 71.6. The maximum atomic E-state index is 14.0. The molecule has 0 unspecified atom stereocenters. The van der Waals surface area contributed by atoms with E-state index in [-0.39, 0.29) is 30.1 Å². The maximum absolute atomic E-state index is 14.0. The average molecular weight is 620 g/mol. The van der Waals surface area contributed by atoms with Gasteiger partial charge in [-0.15, -0.1) is 0 Å².